The van der Waals surface area contributed by atoms with Crippen molar-refractivity contribution in [1.82, 2.24) is 0 Å². The molecule has 0 aliphatic heterocycles. The molecule has 0 fully saturated rings. The van der Waals surface area contributed by atoms with Gasteiger partial charge in [0.05, 0.1) is 0 Å². The molecule has 1 N–H and O–H groups in total. The van der Waals surface area contributed by atoms with E-state index in [0.29, 0.717) is 22.8 Å². The van der Waals surface area contributed by atoms with Crippen LogP contribution in [-0.2, 0) is 12.0 Å². The fourth-order valence-electron chi connectivity index (χ4n) is 2.61. The van der Waals surface area contributed by atoms with Crippen molar-refractivity contribution in [1.29, 1.82) is 0 Å². The average molecular weight is 296 g/mol. The summed E-state index contributed by atoms with van der Waals surface area (Å²) in [5.41, 5.74) is -2.30. The maximum absolute atomic E-state index is 13.3. The molecule has 1 unspecified atom stereocenters. The number of aryl methyl sites for hydroxylation is 1. The minimum atomic E-state index is -4.71. The standard InChI is InChI=1S/C17H19F3O/c1-3-4-7-13-11-10-12-8-5-6-9-14(12)15(13)16(2,21)17(18,19)20/h5-6,8-11,21H,3-4,7H2,1-2H3. The van der Waals surface area contributed by atoms with E-state index < -0.39 is 11.8 Å². The molecule has 21 heavy (non-hydrogen) atoms. The zero-order valence-electron chi connectivity index (χ0n) is 12.2. The summed E-state index contributed by atoms with van der Waals surface area (Å²) in [5, 5.41) is 11.3. The van der Waals surface area contributed by atoms with Crippen molar-refractivity contribution in [2.24, 2.45) is 0 Å². The maximum atomic E-state index is 13.3. The summed E-state index contributed by atoms with van der Waals surface area (Å²) in [6.45, 7) is 2.83. The number of benzene rings is 2. The first-order chi connectivity index (χ1) is 9.79. The molecule has 4 heteroatoms. The number of hydrogen-bond donors (Lipinski definition) is 1. The molecule has 0 amide bonds. The summed E-state index contributed by atoms with van der Waals surface area (Å²) in [5.74, 6) is 0. The Balaban J connectivity index is 2.72. The van der Waals surface area contributed by atoms with Crippen LogP contribution in [0.5, 0.6) is 0 Å². The molecular weight excluding hydrogens is 277 g/mol. The Morgan fingerprint density at radius 1 is 1.05 bits per heavy atom. The lowest BCUT2D eigenvalue weighted by Gasteiger charge is -2.30. The maximum Gasteiger partial charge on any atom is 0.421 e. The van der Waals surface area contributed by atoms with E-state index in [9.17, 15) is 18.3 Å². The van der Waals surface area contributed by atoms with Gasteiger partial charge in [-0.2, -0.15) is 13.2 Å². The minimum Gasteiger partial charge on any atom is -0.376 e. The van der Waals surface area contributed by atoms with Crippen LogP contribution in [0.4, 0.5) is 13.2 Å². The first kappa shape index (κ1) is 15.8. The van der Waals surface area contributed by atoms with E-state index in [0.717, 1.165) is 19.8 Å². The monoisotopic (exact) mass is 296 g/mol. The van der Waals surface area contributed by atoms with Crippen molar-refractivity contribution >= 4 is 10.8 Å². The predicted octanol–water partition coefficient (Wildman–Crippen LogP) is 4.95. The van der Waals surface area contributed by atoms with Gasteiger partial charge in [-0.1, -0.05) is 49.7 Å². The van der Waals surface area contributed by atoms with Crippen LogP contribution < -0.4 is 0 Å². The zero-order chi connectivity index (χ0) is 15.7. The summed E-state index contributed by atoms with van der Waals surface area (Å²) in [6.07, 6.45) is -2.50. The Hall–Kier alpha value is -1.55. The third kappa shape index (κ3) is 2.91. The number of alkyl halides is 3. The average Bonchev–Trinajstić information content (AvgIpc) is 2.42. The van der Waals surface area contributed by atoms with Gasteiger partial charge in [0.2, 0.25) is 0 Å². The Labute approximate surface area is 122 Å². The Kier molecular flexibility index (Phi) is 4.28. The van der Waals surface area contributed by atoms with Crippen molar-refractivity contribution in [3.63, 3.8) is 0 Å². The first-order valence-corrected chi connectivity index (χ1v) is 7.09. The second kappa shape index (κ2) is 5.68. The van der Waals surface area contributed by atoms with Crippen LogP contribution in [-0.4, -0.2) is 11.3 Å². The lowest BCUT2D eigenvalue weighted by atomic mass is 9.84. The highest BCUT2D eigenvalue weighted by atomic mass is 19.4. The zero-order valence-corrected chi connectivity index (χ0v) is 12.2. The topological polar surface area (TPSA) is 20.2 Å². The van der Waals surface area contributed by atoms with E-state index in [1.54, 1.807) is 30.3 Å². The van der Waals surface area contributed by atoms with Crippen molar-refractivity contribution < 1.29 is 18.3 Å². The van der Waals surface area contributed by atoms with Crippen LogP contribution in [0.1, 0.15) is 37.8 Å². The van der Waals surface area contributed by atoms with Gasteiger partial charge in [0.15, 0.2) is 5.60 Å². The molecule has 1 atom stereocenters. The van der Waals surface area contributed by atoms with Crippen LogP contribution in [0.2, 0.25) is 0 Å². The molecule has 2 aromatic carbocycles. The molecule has 0 saturated carbocycles. The number of rotatable bonds is 4. The molecule has 0 aliphatic rings. The van der Waals surface area contributed by atoms with E-state index in [1.165, 1.54) is 0 Å². The Bertz CT molecular complexity index is 629. The SMILES string of the molecule is CCCCc1ccc2ccccc2c1C(C)(O)C(F)(F)F. The van der Waals surface area contributed by atoms with Crippen molar-refractivity contribution in [2.45, 2.75) is 44.9 Å². The van der Waals surface area contributed by atoms with Gasteiger partial charge in [-0.05, 0) is 36.1 Å². The number of hydrogen-bond acceptors (Lipinski definition) is 1. The lowest BCUT2D eigenvalue weighted by molar-refractivity contribution is -0.258. The quantitative estimate of drug-likeness (QED) is 0.846. The third-order valence-corrected chi connectivity index (χ3v) is 3.85. The largest absolute Gasteiger partial charge is 0.421 e. The molecule has 0 radical (unpaired) electrons. The highest BCUT2D eigenvalue weighted by molar-refractivity contribution is 5.87. The normalized spacial score (nSPS) is 15.1. The van der Waals surface area contributed by atoms with Crippen LogP contribution in [0, 0.1) is 0 Å². The molecule has 0 aliphatic carbocycles. The Morgan fingerprint density at radius 2 is 1.71 bits per heavy atom. The summed E-state index contributed by atoms with van der Waals surface area (Å²) in [6, 6.07) is 10.4. The van der Waals surface area contributed by atoms with Gasteiger partial charge in [-0.3, -0.25) is 0 Å². The molecule has 0 spiro atoms. The third-order valence-electron chi connectivity index (χ3n) is 3.85. The molecule has 0 heterocycles. The van der Waals surface area contributed by atoms with Crippen LogP contribution in [0.15, 0.2) is 36.4 Å². The van der Waals surface area contributed by atoms with Crippen LogP contribution in [0.25, 0.3) is 10.8 Å². The lowest BCUT2D eigenvalue weighted by Crippen LogP contribution is -2.40. The molecule has 114 valence electrons. The van der Waals surface area contributed by atoms with Crippen molar-refractivity contribution in [3.8, 4) is 0 Å². The van der Waals surface area contributed by atoms with Crippen LogP contribution >= 0.6 is 0 Å². The molecule has 0 aromatic heterocycles. The van der Waals surface area contributed by atoms with Gasteiger partial charge in [-0.25, -0.2) is 0 Å². The Morgan fingerprint density at radius 3 is 2.33 bits per heavy atom. The molecule has 2 aromatic rings. The van der Waals surface area contributed by atoms with Gasteiger partial charge in [0.25, 0.3) is 0 Å². The van der Waals surface area contributed by atoms with Gasteiger partial charge >= 0.3 is 6.18 Å². The predicted molar refractivity (Wildman–Crippen MR) is 78.2 cm³/mol. The molecule has 0 bridgehead atoms. The second-order valence-electron chi connectivity index (χ2n) is 5.49. The highest BCUT2D eigenvalue weighted by Gasteiger charge is 2.52. The summed E-state index contributed by atoms with van der Waals surface area (Å²) < 4.78 is 39.9. The molecule has 0 saturated heterocycles. The number of halogens is 3. The van der Waals surface area contributed by atoms with E-state index in [4.69, 9.17) is 0 Å². The van der Waals surface area contributed by atoms with E-state index in [2.05, 4.69) is 0 Å². The molecule has 1 nitrogen and oxygen atoms in total. The number of aliphatic hydroxyl groups is 1. The van der Waals surface area contributed by atoms with Crippen LogP contribution in [0.3, 0.4) is 0 Å². The summed E-state index contributed by atoms with van der Waals surface area (Å²) >= 11 is 0. The smallest absolute Gasteiger partial charge is 0.376 e. The van der Waals surface area contributed by atoms with Gasteiger partial charge in [0, 0.05) is 5.56 Å². The van der Waals surface area contributed by atoms with Gasteiger partial charge in [-0.15, -0.1) is 0 Å². The number of fused-ring (bicyclic) bond motifs is 1. The van der Waals surface area contributed by atoms with E-state index in [-0.39, 0.29) is 5.56 Å². The van der Waals surface area contributed by atoms with Gasteiger partial charge < -0.3 is 5.11 Å². The van der Waals surface area contributed by atoms with Crippen molar-refractivity contribution in [2.75, 3.05) is 0 Å². The van der Waals surface area contributed by atoms with E-state index in [1.807, 2.05) is 13.0 Å². The fraction of sp³-hybridized carbons (Fsp3) is 0.412. The summed E-state index contributed by atoms with van der Waals surface area (Å²) in [4.78, 5) is 0. The first-order valence-electron chi connectivity index (χ1n) is 7.09. The molecular formula is C17H19F3O. The highest BCUT2D eigenvalue weighted by Crippen LogP contribution is 2.43. The number of unbranched alkanes of at least 4 members (excludes halogenated alkanes) is 1. The summed E-state index contributed by atoms with van der Waals surface area (Å²) in [7, 11) is 0. The fourth-order valence-corrected chi connectivity index (χ4v) is 2.61. The van der Waals surface area contributed by atoms with Gasteiger partial charge in [0.1, 0.15) is 0 Å². The second-order valence-corrected chi connectivity index (χ2v) is 5.49. The van der Waals surface area contributed by atoms with E-state index >= 15 is 0 Å². The minimum absolute atomic E-state index is 0.0125. The van der Waals surface area contributed by atoms with Crippen molar-refractivity contribution in [3.05, 3.63) is 47.5 Å². The molecule has 2 rings (SSSR count).